The SMILES string of the molecule is C/C(=N/N=C1/S[C@H](CC(=O)O)C(=O)N1c1ccccc1)c1ccc(C)cc1. The van der Waals surface area contributed by atoms with Crippen LogP contribution in [0.5, 0.6) is 0 Å². The average Bonchev–Trinajstić information content (AvgIpc) is 2.96. The molecule has 1 atom stereocenters. The second kappa shape index (κ2) is 8.18. The summed E-state index contributed by atoms with van der Waals surface area (Å²) < 4.78 is 0. The molecule has 0 saturated carbocycles. The van der Waals surface area contributed by atoms with Crippen molar-refractivity contribution in [2.24, 2.45) is 10.2 Å². The van der Waals surface area contributed by atoms with E-state index < -0.39 is 11.2 Å². The minimum Gasteiger partial charge on any atom is -0.481 e. The second-order valence-corrected chi connectivity index (χ2v) is 7.32. The van der Waals surface area contributed by atoms with Crippen LogP contribution in [0.2, 0.25) is 0 Å². The maximum absolute atomic E-state index is 12.7. The third-order valence-electron chi connectivity index (χ3n) is 4.06. The van der Waals surface area contributed by atoms with E-state index in [1.165, 1.54) is 4.90 Å². The number of thioether (sulfide) groups is 1. The Morgan fingerprint density at radius 3 is 2.44 bits per heavy atom. The van der Waals surface area contributed by atoms with Crippen molar-refractivity contribution >= 4 is 40.2 Å². The fourth-order valence-corrected chi connectivity index (χ4v) is 3.68. The summed E-state index contributed by atoms with van der Waals surface area (Å²) >= 11 is 1.13. The highest BCUT2D eigenvalue weighted by atomic mass is 32.2. The number of benzene rings is 2. The molecular formula is C20H19N3O3S. The molecule has 3 rings (SSSR count). The van der Waals surface area contributed by atoms with Crippen molar-refractivity contribution in [1.82, 2.24) is 0 Å². The first-order chi connectivity index (χ1) is 13.0. The van der Waals surface area contributed by atoms with Gasteiger partial charge in [-0.1, -0.05) is 59.8 Å². The van der Waals surface area contributed by atoms with Gasteiger partial charge in [-0.15, -0.1) is 5.10 Å². The molecule has 6 nitrogen and oxygen atoms in total. The number of carboxylic acid groups (broad SMARTS) is 1. The lowest BCUT2D eigenvalue weighted by Crippen LogP contribution is -2.32. The number of amides is 1. The number of hydrogen-bond donors (Lipinski definition) is 1. The number of carbonyl (C=O) groups is 2. The van der Waals surface area contributed by atoms with Crippen molar-refractivity contribution < 1.29 is 14.7 Å². The summed E-state index contributed by atoms with van der Waals surface area (Å²) in [6.07, 6.45) is -0.257. The molecule has 27 heavy (non-hydrogen) atoms. The van der Waals surface area contributed by atoms with E-state index in [0.29, 0.717) is 16.6 Å². The predicted octanol–water partition coefficient (Wildman–Crippen LogP) is 3.70. The van der Waals surface area contributed by atoms with Crippen LogP contribution < -0.4 is 4.90 Å². The Labute approximate surface area is 161 Å². The number of nitrogens with zero attached hydrogens (tertiary/aromatic N) is 3. The van der Waals surface area contributed by atoms with Crippen molar-refractivity contribution in [2.75, 3.05) is 4.90 Å². The fourth-order valence-electron chi connectivity index (χ4n) is 2.61. The molecule has 1 aliphatic heterocycles. The number of amidine groups is 1. The lowest BCUT2D eigenvalue weighted by Gasteiger charge is -2.15. The highest BCUT2D eigenvalue weighted by Crippen LogP contribution is 2.33. The third-order valence-corrected chi connectivity index (χ3v) is 5.19. The van der Waals surface area contributed by atoms with Gasteiger partial charge in [0.15, 0.2) is 5.17 Å². The molecule has 1 saturated heterocycles. The minimum atomic E-state index is -1.02. The molecule has 0 unspecified atom stereocenters. The van der Waals surface area contributed by atoms with Gasteiger partial charge >= 0.3 is 5.97 Å². The third kappa shape index (κ3) is 4.43. The predicted molar refractivity (Wildman–Crippen MR) is 108 cm³/mol. The molecule has 7 heteroatoms. The van der Waals surface area contributed by atoms with Gasteiger partial charge in [0.1, 0.15) is 5.25 Å². The topological polar surface area (TPSA) is 82.3 Å². The van der Waals surface area contributed by atoms with Gasteiger partial charge in [-0.25, -0.2) is 0 Å². The van der Waals surface area contributed by atoms with Crippen LogP contribution in [0, 0.1) is 6.92 Å². The van der Waals surface area contributed by atoms with Crippen LogP contribution in [0.4, 0.5) is 5.69 Å². The van der Waals surface area contributed by atoms with Gasteiger partial charge in [-0.05, 0) is 31.5 Å². The Morgan fingerprint density at radius 2 is 1.81 bits per heavy atom. The van der Waals surface area contributed by atoms with E-state index in [-0.39, 0.29) is 12.3 Å². The van der Waals surface area contributed by atoms with Crippen LogP contribution in [0.3, 0.4) is 0 Å². The van der Waals surface area contributed by atoms with Crippen LogP contribution >= 0.6 is 11.8 Å². The van der Waals surface area contributed by atoms with Crippen LogP contribution in [-0.4, -0.2) is 33.1 Å². The number of anilines is 1. The molecular weight excluding hydrogens is 362 g/mol. The number of aryl methyl sites for hydroxylation is 1. The summed E-state index contributed by atoms with van der Waals surface area (Å²) in [5, 5.41) is 17.3. The Morgan fingerprint density at radius 1 is 1.15 bits per heavy atom. The number of rotatable bonds is 5. The zero-order valence-corrected chi connectivity index (χ0v) is 15.8. The fraction of sp³-hybridized carbons (Fsp3) is 0.200. The summed E-state index contributed by atoms with van der Waals surface area (Å²) in [6.45, 7) is 3.86. The molecule has 0 spiro atoms. The Hall–Kier alpha value is -2.93. The maximum Gasteiger partial charge on any atom is 0.305 e. The Kier molecular flexibility index (Phi) is 5.71. The van der Waals surface area contributed by atoms with Crippen molar-refractivity contribution in [2.45, 2.75) is 25.5 Å². The van der Waals surface area contributed by atoms with E-state index in [2.05, 4.69) is 10.2 Å². The molecule has 2 aromatic carbocycles. The summed E-state index contributed by atoms with van der Waals surface area (Å²) in [5.41, 5.74) is 3.45. The molecule has 1 heterocycles. The van der Waals surface area contributed by atoms with Gasteiger partial charge in [0, 0.05) is 0 Å². The monoisotopic (exact) mass is 381 g/mol. The van der Waals surface area contributed by atoms with E-state index >= 15 is 0 Å². The number of carboxylic acids is 1. The molecule has 0 bridgehead atoms. The van der Waals surface area contributed by atoms with Crippen molar-refractivity contribution in [3.8, 4) is 0 Å². The lowest BCUT2D eigenvalue weighted by molar-refractivity contribution is -0.138. The van der Waals surface area contributed by atoms with E-state index in [1.54, 1.807) is 12.1 Å². The summed E-state index contributed by atoms with van der Waals surface area (Å²) in [5.74, 6) is -1.31. The zero-order valence-electron chi connectivity index (χ0n) is 15.0. The first-order valence-corrected chi connectivity index (χ1v) is 9.30. The van der Waals surface area contributed by atoms with E-state index in [1.807, 2.05) is 56.3 Å². The van der Waals surface area contributed by atoms with Crippen molar-refractivity contribution in [3.63, 3.8) is 0 Å². The number of hydrogen-bond acceptors (Lipinski definition) is 5. The van der Waals surface area contributed by atoms with Crippen LogP contribution in [0.15, 0.2) is 64.8 Å². The van der Waals surface area contributed by atoms with Gasteiger partial charge in [-0.3, -0.25) is 14.5 Å². The van der Waals surface area contributed by atoms with Gasteiger partial charge in [0.05, 0.1) is 17.8 Å². The maximum atomic E-state index is 12.7. The summed E-state index contributed by atoms with van der Waals surface area (Å²) in [4.78, 5) is 25.2. The van der Waals surface area contributed by atoms with Crippen LogP contribution in [-0.2, 0) is 9.59 Å². The van der Waals surface area contributed by atoms with E-state index in [9.17, 15) is 9.59 Å². The van der Waals surface area contributed by atoms with Crippen LogP contribution in [0.1, 0.15) is 24.5 Å². The molecule has 0 radical (unpaired) electrons. The number of aliphatic carboxylic acids is 1. The average molecular weight is 381 g/mol. The standard InChI is InChI=1S/C20H19N3O3S/c1-13-8-10-15(11-9-13)14(2)21-22-20-23(16-6-4-3-5-7-16)19(26)17(27-20)12-18(24)25/h3-11,17H,12H2,1-2H3,(H,24,25)/b21-14-,22-20+/t17-/m1/s1. The van der Waals surface area contributed by atoms with Gasteiger partial charge < -0.3 is 5.11 Å². The summed E-state index contributed by atoms with van der Waals surface area (Å²) in [7, 11) is 0. The van der Waals surface area contributed by atoms with Crippen LogP contribution in [0.25, 0.3) is 0 Å². The normalized spacial score (nSPS) is 19.0. The molecule has 1 N–H and O–H groups in total. The minimum absolute atomic E-state index is 0.257. The zero-order chi connectivity index (χ0) is 19.4. The Balaban J connectivity index is 1.93. The van der Waals surface area contributed by atoms with Gasteiger partial charge in [-0.2, -0.15) is 5.10 Å². The smallest absolute Gasteiger partial charge is 0.305 e. The second-order valence-electron chi connectivity index (χ2n) is 6.15. The molecule has 2 aromatic rings. The summed E-state index contributed by atoms with van der Waals surface area (Å²) in [6, 6.07) is 17.0. The molecule has 0 aliphatic carbocycles. The molecule has 1 fully saturated rings. The number of para-hydroxylation sites is 1. The van der Waals surface area contributed by atoms with E-state index in [0.717, 1.165) is 22.9 Å². The highest BCUT2D eigenvalue weighted by molar-refractivity contribution is 8.16. The molecule has 1 amide bonds. The molecule has 0 aromatic heterocycles. The van der Waals surface area contributed by atoms with Crippen molar-refractivity contribution in [3.05, 3.63) is 65.7 Å². The van der Waals surface area contributed by atoms with E-state index in [4.69, 9.17) is 5.11 Å². The lowest BCUT2D eigenvalue weighted by atomic mass is 10.1. The van der Waals surface area contributed by atoms with Gasteiger partial charge in [0.25, 0.3) is 0 Å². The Bertz CT molecular complexity index is 908. The van der Waals surface area contributed by atoms with Crippen molar-refractivity contribution in [1.29, 1.82) is 0 Å². The van der Waals surface area contributed by atoms with Gasteiger partial charge in [0.2, 0.25) is 5.91 Å². The quantitative estimate of drug-likeness (QED) is 0.632. The highest BCUT2D eigenvalue weighted by Gasteiger charge is 2.40. The number of carbonyl (C=O) groups excluding carboxylic acids is 1. The molecule has 138 valence electrons. The first-order valence-electron chi connectivity index (χ1n) is 8.42. The largest absolute Gasteiger partial charge is 0.481 e. The molecule has 1 aliphatic rings. The first kappa shape index (κ1) is 18.8.